The molecule has 0 saturated heterocycles. The van der Waals surface area contributed by atoms with Gasteiger partial charge in [-0.15, -0.1) is 22.7 Å². The van der Waals surface area contributed by atoms with Crippen molar-refractivity contribution in [2.45, 2.75) is 34.1 Å². The third-order valence-electron chi connectivity index (χ3n) is 3.39. The molecule has 0 spiro atoms. The molecule has 6 heteroatoms. The molecule has 2 aromatic rings. The maximum atomic E-state index is 12.3. The van der Waals surface area contributed by atoms with Crippen LogP contribution in [0.5, 0.6) is 0 Å². The number of carboxylic acids is 1. The molecule has 0 saturated carbocycles. The SMILES string of the molecule is CCc1sc(C(=O)Nc2sc(C)c(C)c2C(=O)O)cc1C. The molecule has 0 radical (unpaired) electrons. The summed E-state index contributed by atoms with van der Waals surface area (Å²) in [7, 11) is 0. The van der Waals surface area contributed by atoms with Crippen LogP contribution in [-0.4, -0.2) is 17.0 Å². The number of anilines is 1. The highest BCUT2D eigenvalue weighted by molar-refractivity contribution is 7.17. The van der Waals surface area contributed by atoms with Crippen molar-refractivity contribution >= 4 is 39.6 Å². The molecule has 0 aliphatic carbocycles. The van der Waals surface area contributed by atoms with Gasteiger partial charge in [-0.2, -0.15) is 0 Å². The first-order chi connectivity index (χ1) is 9.85. The second kappa shape index (κ2) is 5.99. The molecule has 112 valence electrons. The van der Waals surface area contributed by atoms with E-state index in [1.807, 2.05) is 19.9 Å². The molecule has 0 atom stereocenters. The summed E-state index contributed by atoms with van der Waals surface area (Å²) in [6, 6.07) is 1.85. The maximum Gasteiger partial charge on any atom is 0.338 e. The van der Waals surface area contributed by atoms with E-state index in [1.165, 1.54) is 27.6 Å². The van der Waals surface area contributed by atoms with Crippen LogP contribution in [0.15, 0.2) is 6.07 Å². The third-order valence-corrected chi connectivity index (χ3v) is 5.89. The van der Waals surface area contributed by atoms with Crippen LogP contribution in [0.25, 0.3) is 0 Å². The molecule has 2 heterocycles. The normalized spacial score (nSPS) is 10.7. The summed E-state index contributed by atoms with van der Waals surface area (Å²) < 4.78 is 0. The first-order valence-corrected chi connectivity index (χ1v) is 8.22. The zero-order valence-corrected chi connectivity index (χ0v) is 14.0. The Morgan fingerprint density at radius 1 is 1.24 bits per heavy atom. The number of thiophene rings is 2. The van der Waals surface area contributed by atoms with E-state index in [9.17, 15) is 14.7 Å². The van der Waals surface area contributed by atoms with E-state index in [0.29, 0.717) is 15.4 Å². The van der Waals surface area contributed by atoms with Crippen molar-refractivity contribution < 1.29 is 14.7 Å². The quantitative estimate of drug-likeness (QED) is 0.884. The Bertz CT molecular complexity index is 713. The lowest BCUT2D eigenvalue weighted by Gasteiger charge is -2.02. The molecule has 2 N–H and O–H groups in total. The second-order valence-corrected chi connectivity index (χ2v) is 7.18. The Hall–Kier alpha value is -1.66. The number of rotatable bonds is 4. The van der Waals surface area contributed by atoms with Crippen molar-refractivity contribution in [3.63, 3.8) is 0 Å². The Balaban J connectivity index is 2.31. The first-order valence-electron chi connectivity index (χ1n) is 6.59. The van der Waals surface area contributed by atoms with Crippen LogP contribution in [0.1, 0.15) is 47.8 Å². The molecule has 2 aromatic heterocycles. The van der Waals surface area contributed by atoms with Crippen LogP contribution in [0.3, 0.4) is 0 Å². The molecule has 4 nitrogen and oxygen atoms in total. The second-order valence-electron chi connectivity index (χ2n) is 4.82. The van der Waals surface area contributed by atoms with Crippen LogP contribution >= 0.6 is 22.7 Å². The smallest absolute Gasteiger partial charge is 0.338 e. The third kappa shape index (κ3) is 3.01. The number of carboxylic acid groups (broad SMARTS) is 1. The summed E-state index contributed by atoms with van der Waals surface area (Å²) in [6.45, 7) is 7.64. The first kappa shape index (κ1) is 15.7. The number of hydrogen-bond acceptors (Lipinski definition) is 4. The van der Waals surface area contributed by atoms with Gasteiger partial charge in [0.05, 0.1) is 10.4 Å². The van der Waals surface area contributed by atoms with Crippen LogP contribution in [0.4, 0.5) is 5.00 Å². The lowest BCUT2D eigenvalue weighted by molar-refractivity contribution is 0.0697. The number of carbonyl (C=O) groups excluding carboxylic acids is 1. The van der Waals surface area contributed by atoms with Crippen molar-refractivity contribution in [1.82, 2.24) is 0 Å². The Labute approximate surface area is 131 Å². The number of aromatic carboxylic acids is 1. The zero-order chi connectivity index (χ0) is 15.7. The van der Waals surface area contributed by atoms with Crippen molar-refractivity contribution in [3.8, 4) is 0 Å². The molecule has 0 bridgehead atoms. The molecule has 1 amide bonds. The molecule has 0 fully saturated rings. The van der Waals surface area contributed by atoms with Gasteiger partial charge >= 0.3 is 5.97 Å². The molecule has 0 unspecified atom stereocenters. The van der Waals surface area contributed by atoms with Gasteiger partial charge < -0.3 is 10.4 Å². The predicted molar refractivity (Wildman–Crippen MR) is 87.1 cm³/mol. The number of hydrogen-bond donors (Lipinski definition) is 2. The van der Waals surface area contributed by atoms with Gasteiger partial charge in [0, 0.05) is 9.75 Å². The highest BCUT2D eigenvalue weighted by Gasteiger charge is 2.21. The topological polar surface area (TPSA) is 66.4 Å². The lowest BCUT2D eigenvalue weighted by atomic mass is 10.1. The van der Waals surface area contributed by atoms with Crippen molar-refractivity contribution in [1.29, 1.82) is 0 Å². The van der Waals surface area contributed by atoms with Gasteiger partial charge in [0.15, 0.2) is 0 Å². The van der Waals surface area contributed by atoms with Gasteiger partial charge in [0.25, 0.3) is 5.91 Å². The summed E-state index contributed by atoms with van der Waals surface area (Å²) in [5, 5.41) is 12.4. The Kier molecular flexibility index (Phi) is 4.49. The molecule has 21 heavy (non-hydrogen) atoms. The molecule has 0 aliphatic heterocycles. The predicted octanol–water partition coefficient (Wildman–Crippen LogP) is 4.25. The van der Waals surface area contributed by atoms with Crippen molar-refractivity contribution in [2.75, 3.05) is 5.32 Å². The average molecular weight is 323 g/mol. The number of carbonyl (C=O) groups is 2. The lowest BCUT2D eigenvalue weighted by Crippen LogP contribution is -2.12. The summed E-state index contributed by atoms with van der Waals surface area (Å²) in [4.78, 5) is 26.3. The molecular weight excluding hydrogens is 306 g/mol. The van der Waals surface area contributed by atoms with Gasteiger partial charge in [0.1, 0.15) is 5.00 Å². The summed E-state index contributed by atoms with van der Waals surface area (Å²) in [6.07, 6.45) is 0.890. The molecule has 0 aliphatic rings. The van der Waals surface area contributed by atoms with E-state index in [-0.39, 0.29) is 11.5 Å². The van der Waals surface area contributed by atoms with Gasteiger partial charge in [-0.05, 0) is 44.4 Å². The average Bonchev–Trinajstić information content (AvgIpc) is 2.91. The van der Waals surface area contributed by atoms with Crippen LogP contribution in [-0.2, 0) is 6.42 Å². The van der Waals surface area contributed by atoms with Crippen LogP contribution in [0, 0.1) is 20.8 Å². The number of amides is 1. The van der Waals surface area contributed by atoms with E-state index in [2.05, 4.69) is 12.2 Å². The molecular formula is C15H17NO3S2. The van der Waals surface area contributed by atoms with Crippen LogP contribution < -0.4 is 5.32 Å². The van der Waals surface area contributed by atoms with Gasteiger partial charge in [0.2, 0.25) is 0 Å². The monoisotopic (exact) mass is 323 g/mol. The van der Waals surface area contributed by atoms with E-state index < -0.39 is 5.97 Å². The molecule has 2 rings (SSSR count). The fraction of sp³-hybridized carbons (Fsp3) is 0.333. The van der Waals surface area contributed by atoms with E-state index in [1.54, 1.807) is 6.92 Å². The van der Waals surface area contributed by atoms with E-state index in [0.717, 1.165) is 16.9 Å². The minimum absolute atomic E-state index is 0.190. The van der Waals surface area contributed by atoms with Crippen molar-refractivity contribution in [3.05, 3.63) is 37.4 Å². The van der Waals surface area contributed by atoms with Gasteiger partial charge in [-0.25, -0.2) is 4.79 Å². The summed E-state index contributed by atoms with van der Waals surface area (Å²) >= 11 is 2.76. The minimum atomic E-state index is -1.01. The highest BCUT2D eigenvalue weighted by Crippen LogP contribution is 2.33. The van der Waals surface area contributed by atoms with Gasteiger partial charge in [-0.3, -0.25) is 4.79 Å². The fourth-order valence-corrected chi connectivity index (χ4v) is 4.18. The van der Waals surface area contributed by atoms with Crippen LogP contribution in [0.2, 0.25) is 0 Å². The number of nitrogens with one attached hydrogen (secondary N) is 1. The maximum absolute atomic E-state index is 12.3. The van der Waals surface area contributed by atoms with Gasteiger partial charge in [-0.1, -0.05) is 6.92 Å². The largest absolute Gasteiger partial charge is 0.478 e. The summed E-state index contributed by atoms with van der Waals surface area (Å²) in [5.41, 5.74) is 2.00. The summed E-state index contributed by atoms with van der Waals surface area (Å²) in [5.74, 6) is -1.25. The zero-order valence-electron chi connectivity index (χ0n) is 12.4. The Morgan fingerprint density at radius 2 is 1.90 bits per heavy atom. The minimum Gasteiger partial charge on any atom is -0.478 e. The van der Waals surface area contributed by atoms with Crippen molar-refractivity contribution in [2.24, 2.45) is 0 Å². The molecule has 0 aromatic carbocycles. The highest BCUT2D eigenvalue weighted by atomic mass is 32.1. The van der Waals surface area contributed by atoms with E-state index in [4.69, 9.17) is 0 Å². The fourth-order valence-electron chi connectivity index (χ4n) is 2.12. The van der Waals surface area contributed by atoms with E-state index >= 15 is 0 Å². The Morgan fingerprint density at radius 3 is 2.43 bits per heavy atom. The number of aryl methyl sites for hydroxylation is 3. The standard InChI is InChI=1S/C15H17NO3S2/c1-5-10-7(2)6-11(21-10)13(17)16-14-12(15(18)19)8(3)9(4)20-14/h6H,5H2,1-4H3,(H,16,17)(H,18,19).